The van der Waals surface area contributed by atoms with E-state index in [1.807, 2.05) is 32.0 Å². The third-order valence-electron chi connectivity index (χ3n) is 1.86. The molecule has 0 aliphatic rings. The van der Waals surface area contributed by atoms with E-state index in [2.05, 4.69) is 15.9 Å². The molecule has 0 amide bonds. The highest BCUT2D eigenvalue weighted by atomic mass is 79.9. The molecule has 0 aromatic heterocycles. The highest BCUT2D eigenvalue weighted by molar-refractivity contribution is 9.10. The molecule has 0 spiro atoms. The third kappa shape index (κ3) is 2.31. The van der Waals surface area contributed by atoms with Gasteiger partial charge in [0.2, 0.25) is 0 Å². The molecule has 0 nitrogen and oxygen atoms in total. The van der Waals surface area contributed by atoms with Crippen molar-refractivity contribution in [2.24, 2.45) is 0 Å². The number of benzene rings is 1. The zero-order chi connectivity index (χ0) is 9.14. The predicted octanol–water partition coefficient (Wildman–Crippen LogP) is 3.83. The largest absolute Gasteiger partial charge is 0.250 e. The Bertz CT molecular complexity index is 250. The van der Waals surface area contributed by atoms with Crippen molar-refractivity contribution in [3.63, 3.8) is 0 Å². The van der Waals surface area contributed by atoms with Crippen molar-refractivity contribution in [2.45, 2.75) is 19.8 Å². The number of rotatable bonds is 2. The Kier molecular flexibility index (Phi) is 3.27. The predicted molar refractivity (Wildman–Crippen MR) is 53.3 cm³/mol. The zero-order valence-corrected chi connectivity index (χ0v) is 8.86. The van der Waals surface area contributed by atoms with Crippen LogP contribution in [0.1, 0.15) is 24.0 Å². The average Bonchev–Trinajstić information content (AvgIpc) is 2.01. The number of alkyl halides is 1. The Hall–Kier alpha value is -0.370. The van der Waals surface area contributed by atoms with Gasteiger partial charge in [-0.2, -0.15) is 0 Å². The fourth-order valence-electron chi connectivity index (χ4n) is 1.14. The first-order valence-electron chi connectivity index (χ1n) is 3.96. The molecular formula is C10H12BrF. The van der Waals surface area contributed by atoms with Crippen molar-refractivity contribution in [1.82, 2.24) is 0 Å². The van der Waals surface area contributed by atoms with Crippen molar-refractivity contribution < 1.29 is 4.39 Å². The van der Waals surface area contributed by atoms with Crippen LogP contribution in [-0.2, 0) is 0 Å². The standard InChI is InChI=1S/C10H12BrF/c1-7-3-9(8(2)6-12)5-10(11)4-7/h3-5,8H,6H2,1-2H3. The van der Waals surface area contributed by atoms with Crippen molar-refractivity contribution in [2.75, 3.05) is 6.67 Å². The first kappa shape index (κ1) is 9.72. The van der Waals surface area contributed by atoms with Gasteiger partial charge in [-0.3, -0.25) is 4.39 Å². The maximum atomic E-state index is 12.3. The van der Waals surface area contributed by atoms with E-state index in [9.17, 15) is 4.39 Å². The Balaban J connectivity index is 3.00. The lowest BCUT2D eigenvalue weighted by Gasteiger charge is -2.08. The maximum Gasteiger partial charge on any atom is 0.0960 e. The van der Waals surface area contributed by atoms with Gasteiger partial charge in [-0.25, -0.2) is 0 Å². The lowest BCUT2D eigenvalue weighted by Crippen LogP contribution is -1.95. The quantitative estimate of drug-likeness (QED) is 0.725. The molecule has 0 saturated heterocycles. The molecule has 1 rings (SSSR count). The summed E-state index contributed by atoms with van der Waals surface area (Å²) in [5.41, 5.74) is 2.23. The summed E-state index contributed by atoms with van der Waals surface area (Å²) in [6, 6.07) is 6.01. The maximum absolute atomic E-state index is 12.3. The van der Waals surface area contributed by atoms with E-state index in [1.54, 1.807) is 0 Å². The second-order valence-electron chi connectivity index (χ2n) is 3.12. The van der Waals surface area contributed by atoms with Gasteiger partial charge in [0.25, 0.3) is 0 Å². The molecule has 1 aromatic carbocycles. The van der Waals surface area contributed by atoms with Crippen molar-refractivity contribution in [3.8, 4) is 0 Å². The molecule has 1 unspecified atom stereocenters. The van der Waals surface area contributed by atoms with E-state index >= 15 is 0 Å². The molecule has 0 aliphatic heterocycles. The summed E-state index contributed by atoms with van der Waals surface area (Å²) in [7, 11) is 0. The molecule has 0 fully saturated rings. The summed E-state index contributed by atoms with van der Waals surface area (Å²) < 4.78 is 13.3. The first-order valence-corrected chi connectivity index (χ1v) is 4.76. The minimum absolute atomic E-state index is 0.00111. The summed E-state index contributed by atoms with van der Waals surface area (Å²) >= 11 is 3.39. The highest BCUT2D eigenvalue weighted by Gasteiger charge is 2.05. The second-order valence-corrected chi connectivity index (χ2v) is 4.03. The van der Waals surface area contributed by atoms with Crippen molar-refractivity contribution in [3.05, 3.63) is 33.8 Å². The molecule has 0 aliphatic carbocycles. The number of hydrogen-bond acceptors (Lipinski definition) is 0. The van der Waals surface area contributed by atoms with Gasteiger partial charge in [-0.1, -0.05) is 28.9 Å². The van der Waals surface area contributed by atoms with Gasteiger partial charge in [0.15, 0.2) is 0 Å². The molecule has 1 atom stereocenters. The fourth-order valence-corrected chi connectivity index (χ4v) is 1.76. The van der Waals surface area contributed by atoms with Crippen LogP contribution in [0.5, 0.6) is 0 Å². The average molecular weight is 231 g/mol. The monoisotopic (exact) mass is 230 g/mol. The van der Waals surface area contributed by atoms with E-state index in [0.29, 0.717) is 0 Å². The topological polar surface area (TPSA) is 0 Å². The highest BCUT2D eigenvalue weighted by Crippen LogP contribution is 2.22. The van der Waals surface area contributed by atoms with Crippen LogP contribution in [0.25, 0.3) is 0 Å². The molecule has 0 saturated carbocycles. The molecule has 0 heterocycles. The lowest BCUT2D eigenvalue weighted by atomic mass is 10.0. The second kappa shape index (κ2) is 4.04. The lowest BCUT2D eigenvalue weighted by molar-refractivity contribution is 0.447. The number of hydrogen-bond donors (Lipinski definition) is 0. The first-order chi connectivity index (χ1) is 5.63. The zero-order valence-electron chi connectivity index (χ0n) is 7.27. The summed E-state index contributed by atoms with van der Waals surface area (Å²) in [5, 5.41) is 0. The van der Waals surface area contributed by atoms with Crippen LogP contribution in [0, 0.1) is 6.92 Å². The van der Waals surface area contributed by atoms with Crippen LogP contribution < -0.4 is 0 Å². The normalized spacial score (nSPS) is 13.0. The van der Waals surface area contributed by atoms with Gasteiger partial charge in [-0.15, -0.1) is 0 Å². The summed E-state index contributed by atoms with van der Waals surface area (Å²) in [6.45, 7) is 3.61. The van der Waals surface area contributed by atoms with Crippen LogP contribution in [-0.4, -0.2) is 6.67 Å². The Morgan fingerprint density at radius 1 is 1.42 bits per heavy atom. The van der Waals surface area contributed by atoms with Crippen LogP contribution in [0.3, 0.4) is 0 Å². The number of aryl methyl sites for hydroxylation is 1. The fraction of sp³-hybridized carbons (Fsp3) is 0.400. The minimum atomic E-state index is -0.296. The van der Waals surface area contributed by atoms with Gasteiger partial charge in [0.1, 0.15) is 0 Å². The van der Waals surface area contributed by atoms with E-state index in [-0.39, 0.29) is 12.6 Å². The molecule has 2 heteroatoms. The minimum Gasteiger partial charge on any atom is -0.250 e. The van der Waals surface area contributed by atoms with Crippen LogP contribution in [0.15, 0.2) is 22.7 Å². The Morgan fingerprint density at radius 3 is 2.58 bits per heavy atom. The molecule has 0 N–H and O–H groups in total. The van der Waals surface area contributed by atoms with E-state index in [4.69, 9.17) is 0 Å². The third-order valence-corrected chi connectivity index (χ3v) is 2.32. The van der Waals surface area contributed by atoms with E-state index in [0.717, 1.165) is 10.0 Å². The van der Waals surface area contributed by atoms with Crippen LogP contribution >= 0.6 is 15.9 Å². The van der Waals surface area contributed by atoms with E-state index in [1.165, 1.54) is 5.56 Å². The molecule has 66 valence electrons. The molecule has 12 heavy (non-hydrogen) atoms. The van der Waals surface area contributed by atoms with Gasteiger partial charge in [0.05, 0.1) is 6.67 Å². The SMILES string of the molecule is Cc1cc(Br)cc(C(C)CF)c1. The van der Waals surface area contributed by atoms with E-state index < -0.39 is 0 Å². The summed E-state index contributed by atoms with van der Waals surface area (Å²) in [5.74, 6) is 0.00111. The molecule has 0 bridgehead atoms. The molecule has 1 aromatic rings. The summed E-state index contributed by atoms with van der Waals surface area (Å²) in [4.78, 5) is 0. The van der Waals surface area contributed by atoms with Gasteiger partial charge >= 0.3 is 0 Å². The Labute approximate surface area is 80.9 Å². The number of halogens is 2. The Morgan fingerprint density at radius 2 is 2.08 bits per heavy atom. The molecule has 0 radical (unpaired) electrons. The van der Waals surface area contributed by atoms with Crippen LogP contribution in [0.4, 0.5) is 4.39 Å². The van der Waals surface area contributed by atoms with Crippen molar-refractivity contribution in [1.29, 1.82) is 0 Å². The van der Waals surface area contributed by atoms with Gasteiger partial charge < -0.3 is 0 Å². The van der Waals surface area contributed by atoms with Gasteiger partial charge in [-0.05, 0) is 30.2 Å². The van der Waals surface area contributed by atoms with Crippen LogP contribution in [0.2, 0.25) is 0 Å². The van der Waals surface area contributed by atoms with Gasteiger partial charge in [0, 0.05) is 10.4 Å². The summed E-state index contributed by atoms with van der Waals surface area (Å²) in [6.07, 6.45) is 0. The van der Waals surface area contributed by atoms with Crippen molar-refractivity contribution >= 4 is 15.9 Å². The smallest absolute Gasteiger partial charge is 0.0960 e. The molecular weight excluding hydrogens is 219 g/mol.